The van der Waals surface area contributed by atoms with Crippen molar-refractivity contribution >= 4 is 44.8 Å². The fourth-order valence-corrected chi connectivity index (χ4v) is 6.20. The Labute approximate surface area is 206 Å². The van der Waals surface area contributed by atoms with E-state index in [1.54, 1.807) is 30.3 Å². The third kappa shape index (κ3) is 5.24. The van der Waals surface area contributed by atoms with Crippen LogP contribution in [0.5, 0.6) is 0 Å². The monoisotopic (exact) mass is 497 g/mol. The number of hydrogen-bond acceptors (Lipinski definition) is 6. The SMILES string of the molecule is Nc1cc2ccccc2c(C(=O)N2CCNC[C@@H]2CCS(=O)(=O)c2ccccc2)c1CCCS. The van der Waals surface area contributed by atoms with Gasteiger partial charge in [0.25, 0.3) is 5.91 Å². The number of sulfone groups is 1. The van der Waals surface area contributed by atoms with E-state index in [2.05, 4.69) is 17.9 Å². The number of hydrogen-bond donors (Lipinski definition) is 3. The first-order valence-corrected chi connectivity index (χ1v) is 13.9. The topological polar surface area (TPSA) is 92.5 Å². The largest absolute Gasteiger partial charge is 0.398 e. The smallest absolute Gasteiger partial charge is 0.255 e. The standard InChI is InChI=1S/C26H31N3O3S2/c27-24-17-19-7-4-5-10-22(19)25(23(24)11-6-15-33)26(30)29-14-13-28-18-20(29)12-16-34(31,32)21-8-2-1-3-9-21/h1-5,7-10,17,20,28,33H,6,11-16,18,27H2/t20-/m0/s1. The summed E-state index contributed by atoms with van der Waals surface area (Å²) in [6, 6.07) is 18.0. The molecule has 0 spiro atoms. The van der Waals surface area contributed by atoms with E-state index in [-0.39, 0.29) is 17.7 Å². The van der Waals surface area contributed by atoms with Crippen LogP contribution in [0.3, 0.4) is 0 Å². The summed E-state index contributed by atoms with van der Waals surface area (Å²) in [5.41, 5.74) is 8.52. The summed E-state index contributed by atoms with van der Waals surface area (Å²) in [6.45, 7) is 1.74. The number of nitrogen functional groups attached to an aromatic ring is 1. The summed E-state index contributed by atoms with van der Waals surface area (Å²) < 4.78 is 25.7. The Morgan fingerprint density at radius 2 is 1.85 bits per heavy atom. The fraction of sp³-hybridized carbons (Fsp3) is 0.346. The van der Waals surface area contributed by atoms with Gasteiger partial charge in [-0.2, -0.15) is 12.6 Å². The van der Waals surface area contributed by atoms with Crippen LogP contribution in [0.1, 0.15) is 28.8 Å². The van der Waals surface area contributed by atoms with Crippen molar-refractivity contribution in [2.24, 2.45) is 0 Å². The molecule has 0 bridgehead atoms. The van der Waals surface area contributed by atoms with Crippen LogP contribution in [0.4, 0.5) is 5.69 Å². The highest BCUT2D eigenvalue weighted by Gasteiger charge is 2.31. The molecular formula is C26H31N3O3S2. The molecule has 0 unspecified atom stereocenters. The Bertz CT molecular complexity index is 1260. The number of amides is 1. The Morgan fingerprint density at radius 3 is 2.62 bits per heavy atom. The number of benzene rings is 3. The molecule has 34 heavy (non-hydrogen) atoms. The van der Waals surface area contributed by atoms with E-state index in [0.717, 1.165) is 22.8 Å². The first kappa shape index (κ1) is 24.6. The molecule has 1 amide bonds. The van der Waals surface area contributed by atoms with E-state index in [1.165, 1.54) is 0 Å². The summed E-state index contributed by atoms with van der Waals surface area (Å²) in [6.07, 6.45) is 1.84. The summed E-state index contributed by atoms with van der Waals surface area (Å²) in [7, 11) is -3.43. The molecule has 0 radical (unpaired) electrons. The number of thiol groups is 1. The van der Waals surface area contributed by atoms with E-state index in [4.69, 9.17) is 5.73 Å². The van der Waals surface area contributed by atoms with Gasteiger partial charge in [0.1, 0.15) is 0 Å². The zero-order valence-corrected chi connectivity index (χ0v) is 20.8. The lowest BCUT2D eigenvalue weighted by Crippen LogP contribution is -2.54. The summed E-state index contributed by atoms with van der Waals surface area (Å²) in [5, 5.41) is 5.13. The van der Waals surface area contributed by atoms with Crippen LogP contribution in [-0.4, -0.2) is 56.4 Å². The van der Waals surface area contributed by atoms with Crippen molar-refractivity contribution < 1.29 is 13.2 Å². The normalized spacial score (nSPS) is 16.6. The van der Waals surface area contributed by atoms with Crippen molar-refractivity contribution in [2.75, 3.05) is 36.9 Å². The molecular weight excluding hydrogens is 466 g/mol. The summed E-state index contributed by atoms with van der Waals surface area (Å²) in [4.78, 5) is 16.2. The first-order valence-electron chi connectivity index (χ1n) is 11.6. The van der Waals surface area contributed by atoms with Gasteiger partial charge in [0, 0.05) is 31.4 Å². The Hall–Kier alpha value is -2.55. The summed E-state index contributed by atoms with van der Waals surface area (Å²) in [5.74, 6) is 0.603. The average molecular weight is 498 g/mol. The van der Waals surface area contributed by atoms with Gasteiger partial charge in [0.15, 0.2) is 9.84 Å². The number of carbonyl (C=O) groups is 1. The molecule has 180 valence electrons. The van der Waals surface area contributed by atoms with Gasteiger partial charge in [0.2, 0.25) is 0 Å². The second kappa shape index (κ2) is 10.8. The summed E-state index contributed by atoms with van der Waals surface area (Å²) >= 11 is 4.34. The highest BCUT2D eigenvalue weighted by atomic mass is 32.2. The van der Waals surface area contributed by atoms with Gasteiger partial charge in [-0.05, 0) is 59.6 Å². The highest BCUT2D eigenvalue weighted by molar-refractivity contribution is 7.91. The zero-order valence-electron chi connectivity index (χ0n) is 19.1. The zero-order chi connectivity index (χ0) is 24.1. The lowest BCUT2D eigenvalue weighted by Gasteiger charge is -2.37. The third-order valence-corrected chi connectivity index (χ3v) is 8.50. The van der Waals surface area contributed by atoms with Crippen molar-refractivity contribution in [3.63, 3.8) is 0 Å². The number of rotatable bonds is 8. The Kier molecular flexibility index (Phi) is 7.80. The van der Waals surface area contributed by atoms with Gasteiger partial charge in [0.05, 0.1) is 16.2 Å². The van der Waals surface area contributed by atoms with Crippen molar-refractivity contribution in [3.8, 4) is 0 Å². The number of nitrogens with zero attached hydrogens (tertiary/aromatic N) is 1. The fourth-order valence-electron chi connectivity index (χ4n) is 4.65. The maximum absolute atomic E-state index is 14.0. The molecule has 3 aromatic rings. The number of nitrogens with two attached hydrogens (primary N) is 1. The maximum atomic E-state index is 14.0. The Morgan fingerprint density at radius 1 is 1.12 bits per heavy atom. The van der Waals surface area contributed by atoms with Crippen molar-refractivity contribution in [1.29, 1.82) is 0 Å². The van der Waals surface area contributed by atoms with Crippen molar-refractivity contribution in [1.82, 2.24) is 10.2 Å². The van der Waals surface area contributed by atoms with Gasteiger partial charge in [-0.25, -0.2) is 8.42 Å². The van der Waals surface area contributed by atoms with Gasteiger partial charge < -0.3 is 16.0 Å². The molecule has 3 N–H and O–H groups in total. The molecule has 1 heterocycles. The van der Waals surface area contributed by atoms with Crippen LogP contribution in [0, 0.1) is 0 Å². The first-order chi connectivity index (χ1) is 16.4. The second-order valence-electron chi connectivity index (χ2n) is 8.64. The molecule has 3 aromatic carbocycles. The molecule has 4 rings (SSSR count). The van der Waals surface area contributed by atoms with E-state index >= 15 is 0 Å². The number of carbonyl (C=O) groups excluding carboxylic acids is 1. The third-order valence-electron chi connectivity index (χ3n) is 6.42. The van der Waals surface area contributed by atoms with Crippen LogP contribution in [0.2, 0.25) is 0 Å². The molecule has 1 saturated heterocycles. The molecule has 1 aliphatic rings. The van der Waals surface area contributed by atoms with Gasteiger partial charge >= 0.3 is 0 Å². The lowest BCUT2D eigenvalue weighted by atomic mass is 9.92. The predicted octanol–water partition coefficient (Wildman–Crippen LogP) is 3.56. The number of anilines is 1. The molecule has 6 nitrogen and oxygen atoms in total. The van der Waals surface area contributed by atoms with Crippen LogP contribution in [0.15, 0.2) is 65.6 Å². The minimum absolute atomic E-state index is 0.0165. The van der Waals surface area contributed by atoms with E-state index in [1.807, 2.05) is 35.2 Å². The highest BCUT2D eigenvalue weighted by Crippen LogP contribution is 2.31. The van der Waals surface area contributed by atoms with Gasteiger partial charge in [-0.1, -0.05) is 42.5 Å². The van der Waals surface area contributed by atoms with E-state index in [0.29, 0.717) is 54.4 Å². The average Bonchev–Trinajstić information content (AvgIpc) is 2.86. The minimum atomic E-state index is -3.43. The van der Waals surface area contributed by atoms with Gasteiger partial charge in [-0.15, -0.1) is 0 Å². The van der Waals surface area contributed by atoms with E-state index < -0.39 is 9.84 Å². The molecule has 1 atom stereocenters. The molecule has 1 aliphatic heterocycles. The van der Waals surface area contributed by atoms with Crippen molar-refractivity contribution in [3.05, 3.63) is 71.8 Å². The van der Waals surface area contributed by atoms with Crippen LogP contribution >= 0.6 is 12.6 Å². The second-order valence-corrected chi connectivity index (χ2v) is 11.2. The molecule has 1 fully saturated rings. The minimum Gasteiger partial charge on any atom is -0.398 e. The quantitative estimate of drug-likeness (QED) is 0.327. The molecule has 0 aromatic heterocycles. The number of piperazine rings is 1. The van der Waals surface area contributed by atoms with Crippen LogP contribution in [-0.2, 0) is 16.3 Å². The number of fused-ring (bicyclic) bond motifs is 1. The van der Waals surface area contributed by atoms with Gasteiger partial charge in [-0.3, -0.25) is 4.79 Å². The maximum Gasteiger partial charge on any atom is 0.255 e. The Balaban J connectivity index is 1.65. The van der Waals surface area contributed by atoms with Crippen molar-refractivity contribution in [2.45, 2.75) is 30.2 Å². The lowest BCUT2D eigenvalue weighted by molar-refractivity contribution is 0.0633. The molecule has 0 aliphatic carbocycles. The van der Waals surface area contributed by atoms with E-state index in [9.17, 15) is 13.2 Å². The predicted molar refractivity (Wildman–Crippen MR) is 141 cm³/mol. The molecule has 8 heteroatoms. The van der Waals surface area contributed by atoms with Crippen LogP contribution < -0.4 is 11.1 Å². The number of nitrogens with one attached hydrogen (secondary N) is 1. The van der Waals surface area contributed by atoms with Crippen LogP contribution in [0.25, 0.3) is 10.8 Å². The molecule has 0 saturated carbocycles.